The standard InChI is InChI=1S/C13H15NO4/c1-9(15)11(7-14)10-5-4-6-12(17-3)13(10)18-8-16-2/h4-6,11H,8H2,1-3H3. The van der Waals surface area contributed by atoms with E-state index in [-0.39, 0.29) is 12.6 Å². The Morgan fingerprint density at radius 2 is 2.17 bits per heavy atom. The number of nitriles is 1. The van der Waals surface area contributed by atoms with Crippen molar-refractivity contribution in [3.05, 3.63) is 23.8 Å². The minimum atomic E-state index is -0.869. The number of Topliss-reactive ketones (excluding diaryl/α,β-unsaturated/α-hetero) is 1. The van der Waals surface area contributed by atoms with Crippen LogP contribution in [-0.4, -0.2) is 26.8 Å². The van der Waals surface area contributed by atoms with Crippen LogP contribution in [0.5, 0.6) is 11.5 Å². The van der Waals surface area contributed by atoms with Gasteiger partial charge in [0.2, 0.25) is 0 Å². The van der Waals surface area contributed by atoms with Crippen molar-refractivity contribution in [3.63, 3.8) is 0 Å². The quantitative estimate of drug-likeness (QED) is 0.720. The predicted molar refractivity (Wildman–Crippen MR) is 64.5 cm³/mol. The fraction of sp³-hybridized carbons (Fsp3) is 0.385. The number of carbonyl (C=O) groups is 1. The van der Waals surface area contributed by atoms with Gasteiger partial charge in [-0.2, -0.15) is 5.26 Å². The number of ketones is 1. The van der Waals surface area contributed by atoms with Crippen molar-refractivity contribution in [1.82, 2.24) is 0 Å². The molecule has 18 heavy (non-hydrogen) atoms. The molecule has 1 rings (SSSR count). The minimum Gasteiger partial charge on any atom is -0.493 e. The number of nitrogens with zero attached hydrogens (tertiary/aromatic N) is 1. The molecule has 96 valence electrons. The van der Waals surface area contributed by atoms with E-state index in [1.807, 2.05) is 6.07 Å². The monoisotopic (exact) mass is 249 g/mol. The summed E-state index contributed by atoms with van der Waals surface area (Å²) < 4.78 is 15.4. The lowest BCUT2D eigenvalue weighted by atomic mass is 9.96. The molecule has 0 spiro atoms. The normalized spacial score (nSPS) is 11.4. The molecule has 0 saturated carbocycles. The second-order valence-corrected chi connectivity index (χ2v) is 3.60. The molecule has 0 aliphatic carbocycles. The van der Waals surface area contributed by atoms with E-state index in [2.05, 4.69) is 0 Å². The molecule has 5 heteroatoms. The Hall–Kier alpha value is -2.06. The Morgan fingerprint density at radius 3 is 2.67 bits per heavy atom. The van der Waals surface area contributed by atoms with Crippen LogP contribution >= 0.6 is 0 Å². The summed E-state index contributed by atoms with van der Waals surface area (Å²) in [5.74, 6) is -0.283. The van der Waals surface area contributed by atoms with Crippen molar-refractivity contribution in [2.24, 2.45) is 0 Å². The zero-order valence-electron chi connectivity index (χ0n) is 10.6. The van der Waals surface area contributed by atoms with E-state index >= 15 is 0 Å². The van der Waals surface area contributed by atoms with Crippen LogP contribution < -0.4 is 9.47 Å². The number of rotatable bonds is 6. The maximum atomic E-state index is 11.5. The van der Waals surface area contributed by atoms with Gasteiger partial charge in [0.25, 0.3) is 0 Å². The van der Waals surface area contributed by atoms with Gasteiger partial charge in [-0.1, -0.05) is 12.1 Å². The summed E-state index contributed by atoms with van der Waals surface area (Å²) in [7, 11) is 2.98. The van der Waals surface area contributed by atoms with Crippen LogP contribution in [0.25, 0.3) is 0 Å². The molecule has 1 aromatic rings. The average Bonchev–Trinajstić information content (AvgIpc) is 2.37. The van der Waals surface area contributed by atoms with Gasteiger partial charge in [-0.15, -0.1) is 0 Å². The van der Waals surface area contributed by atoms with Gasteiger partial charge in [0, 0.05) is 12.7 Å². The Labute approximate surface area is 106 Å². The van der Waals surface area contributed by atoms with Gasteiger partial charge in [-0.3, -0.25) is 4.79 Å². The molecule has 0 aliphatic rings. The van der Waals surface area contributed by atoms with Crippen LogP contribution in [0.2, 0.25) is 0 Å². The first-order valence-corrected chi connectivity index (χ1v) is 5.34. The van der Waals surface area contributed by atoms with Crippen LogP contribution in [0.1, 0.15) is 18.4 Å². The van der Waals surface area contributed by atoms with Crippen molar-refractivity contribution in [1.29, 1.82) is 5.26 Å². The van der Waals surface area contributed by atoms with Gasteiger partial charge in [0.1, 0.15) is 5.92 Å². The molecule has 0 saturated heterocycles. The minimum absolute atomic E-state index is 0.0173. The molecule has 0 aromatic heterocycles. The largest absolute Gasteiger partial charge is 0.493 e. The highest BCUT2D eigenvalue weighted by Gasteiger charge is 2.22. The number of ether oxygens (including phenoxy) is 3. The van der Waals surface area contributed by atoms with Crippen LogP contribution in [0, 0.1) is 11.3 Å². The Kier molecular flexibility index (Phi) is 5.15. The molecule has 5 nitrogen and oxygen atoms in total. The highest BCUT2D eigenvalue weighted by Crippen LogP contribution is 2.35. The molecule has 0 amide bonds. The average molecular weight is 249 g/mol. The zero-order valence-corrected chi connectivity index (χ0v) is 10.6. The van der Waals surface area contributed by atoms with Gasteiger partial charge in [0.15, 0.2) is 24.1 Å². The van der Waals surface area contributed by atoms with Crippen molar-refractivity contribution in [3.8, 4) is 17.6 Å². The smallest absolute Gasteiger partial charge is 0.188 e. The number of methoxy groups -OCH3 is 2. The molecule has 0 bridgehead atoms. The third-order valence-electron chi connectivity index (χ3n) is 2.40. The lowest BCUT2D eigenvalue weighted by Crippen LogP contribution is -2.10. The van der Waals surface area contributed by atoms with Crippen molar-refractivity contribution in [2.45, 2.75) is 12.8 Å². The molecule has 1 unspecified atom stereocenters. The van der Waals surface area contributed by atoms with Gasteiger partial charge in [0.05, 0.1) is 13.2 Å². The van der Waals surface area contributed by atoms with E-state index in [1.54, 1.807) is 18.2 Å². The SMILES string of the molecule is COCOc1c(OC)cccc1C(C#N)C(C)=O. The second-order valence-electron chi connectivity index (χ2n) is 3.60. The summed E-state index contributed by atoms with van der Waals surface area (Å²) >= 11 is 0. The molecule has 0 radical (unpaired) electrons. The first-order valence-electron chi connectivity index (χ1n) is 5.34. The Morgan fingerprint density at radius 1 is 1.44 bits per heavy atom. The summed E-state index contributed by atoms with van der Waals surface area (Å²) in [6, 6.07) is 7.04. The summed E-state index contributed by atoms with van der Waals surface area (Å²) in [5, 5.41) is 9.06. The number of benzene rings is 1. The maximum absolute atomic E-state index is 11.5. The Balaban J connectivity index is 3.24. The molecule has 0 N–H and O–H groups in total. The van der Waals surface area contributed by atoms with Crippen LogP contribution in [0.15, 0.2) is 18.2 Å². The predicted octanol–water partition coefficient (Wildman–Crippen LogP) is 1.87. The fourth-order valence-corrected chi connectivity index (χ4v) is 1.57. The lowest BCUT2D eigenvalue weighted by Gasteiger charge is -2.16. The summed E-state index contributed by atoms with van der Waals surface area (Å²) in [6.45, 7) is 1.39. The molecule has 1 aromatic carbocycles. The van der Waals surface area contributed by atoms with Crippen LogP contribution in [0.3, 0.4) is 0 Å². The molecule has 0 aliphatic heterocycles. The highest BCUT2D eigenvalue weighted by atomic mass is 16.7. The third-order valence-corrected chi connectivity index (χ3v) is 2.40. The van der Waals surface area contributed by atoms with Gasteiger partial charge in [-0.05, 0) is 13.0 Å². The topological polar surface area (TPSA) is 68.6 Å². The molecule has 1 atom stereocenters. The molecular formula is C13H15NO4. The number of para-hydroxylation sites is 1. The van der Waals surface area contributed by atoms with E-state index < -0.39 is 5.92 Å². The molecular weight excluding hydrogens is 234 g/mol. The Bertz CT molecular complexity index is 465. The van der Waals surface area contributed by atoms with Crippen molar-refractivity contribution in [2.75, 3.05) is 21.0 Å². The van der Waals surface area contributed by atoms with Crippen LogP contribution in [-0.2, 0) is 9.53 Å². The zero-order chi connectivity index (χ0) is 13.5. The second kappa shape index (κ2) is 6.62. The maximum Gasteiger partial charge on any atom is 0.188 e. The van der Waals surface area contributed by atoms with Gasteiger partial charge in [-0.25, -0.2) is 0 Å². The van der Waals surface area contributed by atoms with E-state index in [0.29, 0.717) is 17.1 Å². The highest BCUT2D eigenvalue weighted by molar-refractivity contribution is 5.87. The number of hydrogen-bond donors (Lipinski definition) is 0. The van der Waals surface area contributed by atoms with Crippen molar-refractivity contribution >= 4 is 5.78 Å². The van der Waals surface area contributed by atoms with Gasteiger partial charge >= 0.3 is 0 Å². The first-order chi connectivity index (χ1) is 8.65. The molecule has 0 heterocycles. The summed E-state index contributed by atoms with van der Waals surface area (Å²) in [6.07, 6.45) is 0. The van der Waals surface area contributed by atoms with Crippen LogP contribution in [0.4, 0.5) is 0 Å². The van der Waals surface area contributed by atoms with E-state index in [1.165, 1.54) is 21.1 Å². The number of carbonyl (C=O) groups excluding carboxylic acids is 1. The van der Waals surface area contributed by atoms with Crippen molar-refractivity contribution < 1.29 is 19.0 Å². The summed E-state index contributed by atoms with van der Waals surface area (Å²) in [4.78, 5) is 11.5. The lowest BCUT2D eigenvalue weighted by molar-refractivity contribution is -0.117. The van der Waals surface area contributed by atoms with E-state index in [0.717, 1.165) is 0 Å². The summed E-state index contributed by atoms with van der Waals surface area (Å²) in [5.41, 5.74) is 0.487. The molecule has 0 fully saturated rings. The van der Waals surface area contributed by atoms with E-state index in [4.69, 9.17) is 19.5 Å². The van der Waals surface area contributed by atoms with E-state index in [9.17, 15) is 4.79 Å². The fourth-order valence-electron chi connectivity index (χ4n) is 1.57. The number of hydrogen-bond acceptors (Lipinski definition) is 5. The van der Waals surface area contributed by atoms with Gasteiger partial charge < -0.3 is 14.2 Å². The first kappa shape index (κ1) is 14.0. The third kappa shape index (κ3) is 2.99.